The lowest BCUT2D eigenvalue weighted by Crippen LogP contribution is -2.30. The van der Waals surface area contributed by atoms with Crippen LogP contribution in [0.15, 0.2) is 45.5 Å². The van der Waals surface area contributed by atoms with Crippen LogP contribution in [0.2, 0.25) is 0 Å². The topological polar surface area (TPSA) is 64.0 Å². The molecule has 2 heterocycles. The average molecular weight is 440 g/mol. The number of benzene rings is 1. The molecule has 0 aliphatic heterocycles. The summed E-state index contributed by atoms with van der Waals surface area (Å²) in [6.45, 7) is 4.60. The number of nitrogens with zero attached hydrogens (tertiary/aromatic N) is 2. The van der Waals surface area contributed by atoms with E-state index in [9.17, 15) is 9.59 Å². The van der Waals surface area contributed by atoms with E-state index in [0.29, 0.717) is 11.6 Å². The Morgan fingerprint density at radius 2 is 1.97 bits per heavy atom. The zero-order valence-electron chi connectivity index (χ0n) is 17.2. The third-order valence-corrected chi connectivity index (χ3v) is 7.07. The van der Waals surface area contributed by atoms with Gasteiger partial charge in [-0.15, -0.1) is 11.3 Å². The van der Waals surface area contributed by atoms with Gasteiger partial charge in [0.25, 0.3) is 0 Å². The number of fused-ring (bicyclic) bond motifs is 1. The van der Waals surface area contributed by atoms with Gasteiger partial charge in [-0.05, 0) is 74.2 Å². The normalized spacial score (nSPS) is 13.1. The van der Waals surface area contributed by atoms with Crippen molar-refractivity contribution in [2.24, 2.45) is 0 Å². The monoisotopic (exact) mass is 439 g/mol. The van der Waals surface area contributed by atoms with Crippen LogP contribution in [0.1, 0.15) is 40.1 Å². The van der Waals surface area contributed by atoms with E-state index in [-0.39, 0.29) is 17.3 Å². The number of hydrogen-bond donors (Lipinski definition) is 1. The summed E-state index contributed by atoms with van der Waals surface area (Å²) >= 11 is 3.02. The Labute approximate surface area is 184 Å². The van der Waals surface area contributed by atoms with Crippen LogP contribution in [-0.4, -0.2) is 21.2 Å². The lowest BCUT2D eigenvalue weighted by Gasteiger charge is -2.22. The summed E-state index contributed by atoms with van der Waals surface area (Å²) in [6.07, 6.45) is 3.97. The molecular weight excluding hydrogens is 414 g/mol. The molecular formula is C23H25N3O2S2. The van der Waals surface area contributed by atoms with Gasteiger partial charge in [0.15, 0.2) is 0 Å². The number of anilines is 1. The van der Waals surface area contributed by atoms with Gasteiger partial charge in [-0.3, -0.25) is 9.36 Å². The zero-order valence-corrected chi connectivity index (χ0v) is 18.9. The third kappa shape index (κ3) is 4.84. The molecule has 5 nitrogen and oxygen atoms in total. The molecule has 4 rings (SSSR count). The van der Waals surface area contributed by atoms with Crippen LogP contribution in [0.3, 0.4) is 0 Å². The second-order valence-electron chi connectivity index (χ2n) is 7.71. The summed E-state index contributed by atoms with van der Waals surface area (Å²) in [4.78, 5) is 30.8. The first kappa shape index (κ1) is 20.9. The van der Waals surface area contributed by atoms with Crippen LogP contribution in [0.4, 0.5) is 5.69 Å². The maximum Gasteiger partial charge on any atom is 0.349 e. The van der Waals surface area contributed by atoms with Crippen molar-refractivity contribution in [1.82, 2.24) is 9.55 Å². The lowest BCUT2D eigenvalue weighted by molar-refractivity contribution is -0.113. The highest BCUT2D eigenvalue weighted by Gasteiger charge is 2.21. The Balaban J connectivity index is 1.52. The highest BCUT2D eigenvalue weighted by atomic mass is 32.2. The fourth-order valence-corrected chi connectivity index (χ4v) is 5.54. The SMILES string of the molecule is Cc1cc(C)cc(NC(=O)CSc2nc(=O)n(Cc3cccs3)c3c2CCCC3)c1. The number of hydrogen-bond acceptors (Lipinski definition) is 5. The van der Waals surface area contributed by atoms with E-state index in [2.05, 4.69) is 16.4 Å². The van der Waals surface area contributed by atoms with Gasteiger partial charge in [-0.2, -0.15) is 4.98 Å². The number of nitrogens with one attached hydrogen (secondary N) is 1. The Morgan fingerprint density at radius 1 is 1.20 bits per heavy atom. The van der Waals surface area contributed by atoms with Crippen molar-refractivity contribution in [3.63, 3.8) is 0 Å². The van der Waals surface area contributed by atoms with Crippen LogP contribution < -0.4 is 11.0 Å². The number of rotatable bonds is 6. The molecule has 1 aliphatic carbocycles. The largest absolute Gasteiger partial charge is 0.349 e. The number of thioether (sulfide) groups is 1. The van der Waals surface area contributed by atoms with Crippen molar-refractivity contribution in [3.8, 4) is 0 Å². The quantitative estimate of drug-likeness (QED) is 0.451. The lowest BCUT2D eigenvalue weighted by atomic mass is 9.97. The molecule has 1 aromatic carbocycles. The molecule has 0 saturated carbocycles. The Bertz CT molecular complexity index is 1100. The Hall–Kier alpha value is -2.38. The van der Waals surface area contributed by atoms with Crippen molar-refractivity contribution in [2.45, 2.75) is 51.1 Å². The maximum atomic E-state index is 12.8. The summed E-state index contributed by atoms with van der Waals surface area (Å²) in [5, 5.41) is 5.70. The van der Waals surface area contributed by atoms with E-state index in [4.69, 9.17) is 0 Å². The summed E-state index contributed by atoms with van der Waals surface area (Å²) in [5.74, 6) is 0.153. The van der Waals surface area contributed by atoms with Gasteiger partial charge < -0.3 is 5.32 Å². The fraction of sp³-hybridized carbons (Fsp3) is 0.348. The molecule has 7 heteroatoms. The number of carbonyl (C=O) groups excluding carboxylic acids is 1. The highest BCUT2D eigenvalue weighted by Crippen LogP contribution is 2.29. The molecule has 0 bridgehead atoms. The predicted octanol–water partition coefficient (Wildman–Crippen LogP) is 4.58. The third-order valence-electron chi connectivity index (χ3n) is 5.19. The van der Waals surface area contributed by atoms with Crippen molar-refractivity contribution in [2.75, 3.05) is 11.1 Å². The van der Waals surface area contributed by atoms with E-state index < -0.39 is 0 Å². The standard InChI is InChI=1S/C23H25N3O2S2/c1-15-10-16(2)12-17(11-15)24-21(27)14-30-22-19-7-3-4-8-20(19)26(23(28)25-22)13-18-6-5-9-29-18/h5-6,9-12H,3-4,7-8,13-14H2,1-2H3,(H,24,27). The number of thiophene rings is 1. The van der Waals surface area contributed by atoms with Gasteiger partial charge >= 0.3 is 5.69 Å². The molecule has 0 radical (unpaired) electrons. The summed E-state index contributed by atoms with van der Waals surface area (Å²) in [6, 6.07) is 10.0. The van der Waals surface area contributed by atoms with Crippen LogP contribution in [0, 0.1) is 13.8 Å². The highest BCUT2D eigenvalue weighted by molar-refractivity contribution is 8.00. The van der Waals surface area contributed by atoms with Crippen molar-refractivity contribution < 1.29 is 4.79 Å². The molecule has 0 atom stereocenters. The van der Waals surface area contributed by atoms with E-state index in [1.165, 1.54) is 11.8 Å². The van der Waals surface area contributed by atoms with Gasteiger partial charge in [0.1, 0.15) is 5.03 Å². The van der Waals surface area contributed by atoms with Gasteiger partial charge in [0.05, 0.1) is 12.3 Å². The van der Waals surface area contributed by atoms with Crippen LogP contribution in [0.25, 0.3) is 0 Å². The van der Waals surface area contributed by atoms with E-state index >= 15 is 0 Å². The molecule has 1 N–H and O–H groups in total. The summed E-state index contributed by atoms with van der Waals surface area (Å²) < 4.78 is 1.82. The molecule has 1 amide bonds. The summed E-state index contributed by atoms with van der Waals surface area (Å²) in [5.41, 5.74) is 5.04. The first-order chi connectivity index (χ1) is 14.5. The van der Waals surface area contributed by atoms with Gasteiger partial charge in [-0.25, -0.2) is 4.79 Å². The van der Waals surface area contributed by atoms with Crippen LogP contribution in [-0.2, 0) is 24.2 Å². The van der Waals surface area contributed by atoms with Gasteiger partial charge in [-0.1, -0.05) is 23.9 Å². The fourth-order valence-electron chi connectivity index (χ4n) is 3.97. The Morgan fingerprint density at radius 3 is 2.70 bits per heavy atom. The molecule has 0 fully saturated rings. The van der Waals surface area contributed by atoms with Crippen molar-refractivity contribution in [3.05, 3.63) is 73.5 Å². The molecule has 2 aromatic heterocycles. The maximum absolute atomic E-state index is 12.8. The molecule has 1 aliphatic rings. The number of aromatic nitrogens is 2. The number of aryl methyl sites for hydroxylation is 2. The first-order valence-electron chi connectivity index (χ1n) is 10.2. The average Bonchev–Trinajstić information content (AvgIpc) is 3.21. The molecule has 0 unspecified atom stereocenters. The summed E-state index contributed by atoms with van der Waals surface area (Å²) in [7, 11) is 0. The van der Waals surface area contributed by atoms with Crippen molar-refractivity contribution >= 4 is 34.7 Å². The number of carbonyl (C=O) groups is 1. The smallest absolute Gasteiger partial charge is 0.325 e. The van der Waals surface area contributed by atoms with Crippen molar-refractivity contribution in [1.29, 1.82) is 0 Å². The molecule has 30 heavy (non-hydrogen) atoms. The molecule has 3 aromatic rings. The zero-order chi connectivity index (χ0) is 21.1. The molecule has 0 spiro atoms. The minimum Gasteiger partial charge on any atom is -0.325 e. The number of amides is 1. The van der Waals surface area contributed by atoms with E-state index in [1.54, 1.807) is 11.3 Å². The molecule has 0 saturated heterocycles. The van der Waals surface area contributed by atoms with Crippen LogP contribution >= 0.6 is 23.1 Å². The minimum absolute atomic E-state index is 0.0841. The second kappa shape index (κ2) is 9.18. The Kier molecular flexibility index (Phi) is 6.39. The van der Waals surface area contributed by atoms with Gasteiger partial charge in [0.2, 0.25) is 5.91 Å². The van der Waals surface area contributed by atoms with E-state index in [0.717, 1.165) is 58.6 Å². The van der Waals surface area contributed by atoms with E-state index in [1.807, 2.05) is 48.1 Å². The van der Waals surface area contributed by atoms with Crippen LogP contribution in [0.5, 0.6) is 0 Å². The molecule has 156 valence electrons. The first-order valence-corrected chi connectivity index (χ1v) is 12.0. The minimum atomic E-state index is -0.221. The van der Waals surface area contributed by atoms with Gasteiger partial charge in [0, 0.05) is 21.8 Å². The predicted molar refractivity (Wildman–Crippen MR) is 124 cm³/mol. The second-order valence-corrected chi connectivity index (χ2v) is 9.71.